The Morgan fingerprint density at radius 2 is 1.74 bits per heavy atom. The molecule has 0 saturated carbocycles. The van der Waals surface area contributed by atoms with E-state index in [0.29, 0.717) is 17.2 Å². The summed E-state index contributed by atoms with van der Waals surface area (Å²) in [7, 11) is 3.16. The van der Waals surface area contributed by atoms with Gasteiger partial charge in [-0.2, -0.15) is 0 Å². The first kappa shape index (κ1) is 24.8. The van der Waals surface area contributed by atoms with E-state index < -0.39 is 5.66 Å². The van der Waals surface area contributed by atoms with Gasteiger partial charge in [-0.3, -0.25) is 9.79 Å². The van der Waals surface area contributed by atoms with Crippen LogP contribution in [0.15, 0.2) is 56.9 Å². The highest BCUT2D eigenvalue weighted by Gasteiger charge is 2.39. The SMILES string of the molecule is CCN1CCC2(CC1)N=C(SCC(=O)Nc1cc(OC)cc(OC)c1)C(c1ccc(Br)cc1)=N2. The predicted octanol–water partition coefficient (Wildman–Crippen LogP) is 4.85. The number of aliphatic imine (C=N–C) groups is 2. The van der Waals surface area contributed by atoms with Crippen molar-refractivity contribution >= 4 is 50.0 Å². The van der Waals surface area contributed by atoms with Gasteiger partial charge in [0.15, 0.2) is 5.66 Å². The second-order valence-corrected chi connectivity index (χ2v) is 10.1. The molecule has 2 aromatic carbocycles. The Labute approximate surface area is 213 Å². The van der Waals surface area contributed by atoms with Crippen molar-refractivity contribution in [3.8, 4) is 11.5 Å². The van der Waals surface area contributed by atoms with Gasteiger partial charge in [-0.05, 0) is 18.7 Å². The zero-order valence-corrected chi connectivity index (χ0v) is 22.0. The number of anilines is 1. The maximum Gasteiger partial charge on any atom is 0.234 e. The van der Waals surface area contributed by atoms with Crippen molar-refractivity contribution in [3.05, 3.63) is 52.5 Å². The Morgan fingerprint density at radius 1 is 1.09 bits per heavy atom. The highest BCUT2D eigenvalue weighted by molar-refractivity contribution is 9.10. The van der Waals surface area contributed by atoms with Crippen LogP contribution >= 0.6 is 27.7 Å². The predicted molar refractivity (Wildman–Crippen MR) is 143 cm³/mol. The molecular formula is C25H29BrN4O3S. The van der Waals surface area contributed by atoms with Crippen molar-refractivity contribution < 1.29 is 14.3 Å². The molecule has 1 spiro atoms. The fourth-order valence-corrected chi connectivity index (χ4v) is 5.22. The van der Waals surface area contributed by atoms with Crippen molar-refractivity contribution in [3.63, 3.8) is 0 Å². The molecule has 34 heavy (non-hydrogen) atoms. The number of hydrogen-bond donors (Lipinski definition) is 1. The summed E-state index contributed by atoms with van der Waals surface area (Å²) in [6.45, 7) is 5.19. The van der Waals surface area contributed by atoms with E-state index in [-0.39, 0.29) is 11.7 Å². The van der Waals surface area contributed by atoms with E-state index in [1.807, 2.05) is 24.3 Å². The van der Waals surface area contributed by atoms with Crippen molar-refractivity contribution in [2.24, 2.45) is 9.98 Å². The number of carbonyl (C=O) groups is 1. The Kier molecular flexibility index (Phi) is 7.95. The van der Waals surface area contributed by atoms with Gasteiger partial charge in [0, 0.05) is 59.9 Å². The summed E-state index contributed by atoms with van der Waals surface area (Å²) < 4.78 is 11.6. The van der Waals surface area contributed by atoms with Gasteiger partial charge in [-0.25, -0.2) is 4.99 Å². The molecule has 0 atom stereocenters. The summed E-state index contributed by atoms with van der Waals surface area (Å²) >= 11 is 4.94. The third-order valence-electron chi connectivity index (χ3n) is 6.03. The number of halogens is 1. The number of rotatable bonds is 7. The fraction of sp³-hybridized carbons (Fsp3) is 0.400. The molecule has 1 N–H and O–H groups in total. The molecule has 1 saturated heterocycles. The molecule has 2 aliphatic rings. The Bertz CT molecular complexity index is 1070. The zero-order chi connectivity index (χ0) is 24.1. The number of hydrogen-bond acceptors (Lipinski definition) is 7. The lowest BCUT2D eigenvalue weighted by Gasteiger charge is -2.34. The van der Waals surface area contributed by atoms with Crippen molar-refractivity contribution in [1.29, 1.82) is 0 Å². The van der Waals surface area contributed by atoms with Crippen LogP contribution < -0.4 is 14.8 Å². The molecule has 0 aliphatic carbocycles. The number of methoxy groups -OCH3 is 2. The maximum absolute atomic E-state index is 12.8. The average Bonchev–Trinajstić information content (AvgIpc) is 3.21. The van der Waals surface area contributed by atoms with Gasteiger partial charge in [0.1, 0.15) is 16.5 Å². The molecule has 1 fully saturated rings. The smallest absolute Gasteiger partial charge is 0.234 e. The third kappa shape index (κ3) is 5.82. The van der Waals surface area contributed by atoms with Crippen molar-refractivity contribution in [1.82, 2.24) is 4.90 Å². The summed E-state index contributed by atoms with van der Waals surface area (Å²) in [6.07, 6.45) is 1.78. The second-order valence-electron chi connectivity index (χ2n) is 8.24. The molecular weight excluding hydrogens is 516 g/mol. The summed E-state index contributed by atoms with van der Waals surface area (Å²) in [6, 6.07) is 13.4. The van der Waals surface area contributed by atoms with Crippen LogP contribution in [0.5, 0.6) is 11.5 Å². The molecule has 7 nitrogen and oxygen atoms in total. The number of benzene rings is 2. The summed E-state index contributed by atoms with van der Waals surface area (Å²) in [5, 5.41) is 3.76. The van der Waals surface area contributed by atoms with Crippen LogP contribution in [0.25, 0.3) is 0 Å². The van der Waals surface area contributed by atoms with Crippen LogP contribution in [-0.4, -0.2) is 66.8 Å². The molecule has 4 rings (SSSR count). The lowest BCUT2D eigenvalue weighted by molar-refractivity contribution is -0.113. The molecule has 2 aliphatic heterocycles. The zero-order valence-electron chi connectivity index (χ0n) is 19.6. The Morgan fingerprint density at radius 3 is 2.32 bits per heavy atom. The molecule has 0 radical (unpaired) electrons. The molecule has 0 aromatic heterocycles. The van der Waals surface area contributed by atoms with Gasteiger partial charge in [-0.1, -0.05) is 46.7 Å². The number of ether oxygens (including phenoxy) is 2. The number of nitrogens with one attached hydrogen (secondary N) is 1. The highest BCUT2D eigenvalue weighted by atomic mass is 79.9. The second kappa shape index (κ2) is 10.9. The minimum absolute atomic E-state index is 0.125. The van der Waals surface area contributed by atoms with Crippen LogP contribution in [-0.2, 0) is 4.79 Å². The Balaban J connectivity index is 1.49. The summed E-state index contributed by atoms with van der Waals surface area (Å²) in [5.74, 6) is 1.34. The highest BCUT2D eigenvalue weighted by Crippen LogP contribution is 2.36. The lowest BCUT2D eigenvalue weighted by atomic mass is 9.98. The van der Waals surface area contributed by atoms with Gasteiger partial charge < -0.3 is 19.7 Å². The lowest BCUT2D eigenvalue weighted by Crippen LogP contribution is -2.41. The standard InChI is InChI=1S/C25H29BrN4O3S/c1-4-30-11-9-25(10-12-30)28-23(17-5-7-18(26)8-6-17)24(29-25)34-16-22(31)27-19-13-20(32-2)15-21(14-19)33-3/h5-8,13-15H,4,9-12,16H2,1-3H3,(H,27,31). The van der Waals surface area contributed by atoms with Crippen LogP contribution in [0, 0.1) is 0 Å². The van der Waals surface area contributed by atoms with Gasteiger partial charge in [0.05, 0.1) is 25.7 Å². The number of piperidine rings is 1. The maximum atomic E-state index is 12.8. The largest absolute Gasteiger partial charge is 0.497 e. The monoisotopic (exact) mass is 544 g/mol. The van der Waals surface area contributed by atoms with Gasteiger partial charge in [0.25, 0.3) is 0 Å². The van der Waals surface area contributed by atoms with E-state index in [2.05, 4.69) is 33.1 Å². The quantitative estimate of drug-likeness (QED) is 0.539. The number of thioether (sulfide) groups is 1. The van der Waals surface area contributed by atoms with Crippen LogP contribution in [0.1, 0.15) is 25.3 Å². The van der Waals surface area contributed by atoms with Gasteiger partial charge in [-0.15, -0.1) is 0 Å². The van der Waals surface area contributed by atoms with Crippen molar-refractivity contribution in [2.75, 3.05) is 44.9 Å². The van der Waals surface area contributed by atoms with Crippen LogP contribution in [0.3, 0.4) is 0 Å². The van der Waals surface area contributed by atoms with E-state index in [1.54, 1.807) is 32.4 Å². The normalized spacial score (nSPS) is 17.3. The first-order chi connectivity index (χ1) is 16.4. The number of likely N-dealkylation sites (tertiary alicyclic amines) is 1. The summed E-state index contributed by atoms with van der Waals surface area (Å²) in [5.41, 5.74) is 2.09. The van der Waals surface area contributed by atoms with Crippen molar-refractivity contribution in [2.45, 2.75) is 25.4 Å². The third-order valence-corrected chi connectivity index (χ3v) is 7.52. The molecule has 0 unspecified atom stereocenters. The minimum atomic E-state index is -0.424. The first-order valence-electron chi connectivity index (χ1n) is 11.3. The molecule has 0 bridgehead atoms. The topological polar surface area (TPSA) is 75.5 Å². The van der Waals surface area contributed by atoms with Gasteiger partial charge >= 0.3 is 0 Å². The first-order valence-corrected chi connectivity index (χ1v) is 13.1. The summed E-state index contributed by atoms with van der Waals surface area (Å²) in [4.78, 5) is 25.4. The van der Waals surface area contributed by atoms with Crippen LogP contribution in [0.2, 0.25) is 0 Å². The Hall–Kier alpha value is -2.36. The average molecular weight is 546 g/mol. The minimum Gasteiger partial charge on any atom is -0.497 e. The molecule has 9 heteroatoms. The molecule has 180 valence electrons. The van der Waals surface area contributed by atoms with Crippen LogP contribution in [0.4, 0.5) is 5.69 Å². The van der Waals surface area contributed by atoms with E-state index >= 15 is 0 Å². The number of carbonyl (C=O) groups excluding carboxylic acids is 1. The molecule has 2 aromatic rings. The van der Waals surface area contributed by atoms with E-state index in [0.717, 1.165) is 53.3 Å². The van der Waals surface area contributed by atoms with E-state index in [1.165, 1.54) is 11.8 Å². The fourth-order valence-electron chi connectivity index (χ4n) is 4.08. The van der Waals surface area contributed by atoms with E-state index in [9.17, 15) is 4.79 Å². The molecule has 2 heterocycles. The van der Waals surface area contributed by atoms with Gasteiger partial charge in [0.2, 0.25) is 5.91 Å². The molecule has 1 amide bonds. The number of nitrogens with zero attached hydrogens (tertiary/aromatic N) is 3. The number of amides is 1. The van der Waals surface area contributed by atoms with E-state index in [4.69, 9.17) is 19.5 Å².